The molecule has 0 saturated heterocycles. The van der Waals surface area contributed by atoms with Gasteiger partial charge in [0.05, 0.1) is 10.6 Å². The number of nitrogens with zero attached hydrogens (tertiary/aromatic N) is 1. The Morgan fingerprint density at radius 3 is 2.31 bits per heavy atom. The molecule has 0 aliphatic rings. The molecule has 13 heavy (non-hydrogen) atoms. The molecule has 6 nitrogen and oxygen atoms in total. The first-order valence-electron chi connectivity index (χ1n) is 3.27. The smallest absolute Gasteiger partial charge is 0.258 e. The van der Waals surface area contributed by atoms with E-state index in [1.165, 1.54) is 24.3 Å². The van der Waals surface area contributed by atoms with Crippen molar-refractivity contribution in [2.45, 2.75) is 0 Å². The summed E-state index contributed by atoms with van der Waals surface area (Å²) < 4.78 is 10.3. The van der Waals surface area contributed by atoms with Crippen LogP contribution >= 0.6 is 8.18 Å². The average Bonchev–Trinajstić information content (AvgIpc) is 2.04. The Hall–Kier alpha value is -1.52. The number of benzene rings is 1. The van der Waals surface area contributed by atoms with Crippen molar-refractivity contribution in [2.75, 3.05) is 5.09 Å². The topological polar surface area (TPSA) is 92.5 Å². The van der Waals surface area contributed by atoms with Gasteiger partial charge in [-0.25, -0.2) is 0 Å². The zero-order valence-corrected chi connectivity index (χ0v) is 7.27. The lowest BCUT2D eigenvalue weighted by Crippen LogP contribution is -1.89. The number of anilines is 1. The fraction of sp³-hybridized carbons (Fsp3) is 0. The fourth-order valence-corrected chi connectivity index (χ4v) is 1.14. The Morgan fingerprint density at radius 1 is 1.38 bits per heavy atom. The second-order valence-corrected chi connectivity index (χ2v) is 2.96. The molecule has 1 rings (SSSR count). The highest BCUT2D eigenvalue weighted by atomic mass is 31.1. The van der Waals surface area contributed by atoms with Crippen LogP contribution in [0.5, 0.6) is 0 Å². The van der Waals surface area contributed by atoms with Crippen LogP contribution < -0.4 is 5.09 Å². The van der Waals surface area contributed by atoms with Crippen LogP contribution in [0.1, 0.15) is 0 Å². The number of hydrogen-bond acceptors (Lipinski definition) is 3. The van der Waals surface area contributed by atoms with Gasteiger partial charge in [-0.2, -0.15) is 5.09 Å². The van der Waals surface area contributed by atoms with Crippen molar-refractivity contribution in [3.05, 3.63) is 34.4 Å². The van der Waals surface area contributed by atoms with Crippen LogP contribution in [-0.2, 0) is 4.57 Å². The molecule has 0 fully saturated rings. The van der Waals surface area contributed by atoms with Gasteiger partial charge in [0.15, 0.2) is 0 Å². The predicted octanol–water partition coefficient (Wildman–Crippen LogP) is 1.66. The average molecular weight is 201 g/mol. The van der Waals surface area contributed by atoms with E-state index < -0.39 is 13.1 Å². The van der Waals surface area contributed by atoms with Crippen molar-refractivity contribution in [2.24, 2.45) is 0 Å². The highest BCUT2D eigenvalue weighted by molar-refractivity contribution is 7.39. The minimum atomic E-state index is -2.47. The third-order valence-electron chi connectivity index (χ3n) is 1.30. The molecule has 7 heteroatoms. The molecule has 1 atom stereocenters. The van der Waals surface area contributed by atoms with E-state index >= 15 is 0 Å². The molecule has 0 aliphatic heterocycles. The highest BCUT2D eigenvalue weighted by Gasteiger charge is 2.11. The largest absolute Gasteiger partial charge is 0.640 e. The van der Waals surface area contributed by atoms with E-state index in [0.29, 0.717) is 5.69 Å². The zero-order chi connectivity index (χ0) is 9.84. The minimum absolute atomic E-state index is 0.0567. The summed E-state index contributed by atoms with van der Waals surface area (Å²) in [5, 5.41) is 12.4. The lowest BCUT2D eigenvalue weighted by Gasteiger charge is -1.92. The first kappa shape index (κ1) is 9.57. The van der Waals surface area contributed by atoms with Gasteiger partial charge in [0.25, 0.3) is 5.69 Å². The summed E-state index contributed by atoms with van der Waals surface area (Å²) in [5.74, 6) is 0. The van der Waals surface area contributed by atoms with Crippen LogP contribution in [0.4, 0.5) is 11.4 Å². The molecule has 0 heterocycles. The van der Waals surface area contributed by atoms with Crippen molar-refractivity contribution in [1.29, 1.82) is 0 Å². The van der Waals surface area contributed by atoms with Gasteiger partial charge in [-0.1, -0.05) is 0 Å². The van der Waals surface area contributed by atoms with Gasteiger partial charge in [0.2, 0.25) is 0 Å². The maximum absolute atomic E-state index is 10.3. The number of hydrogen-bond donors (Lipinski definition) is 2. The summed E-state index contributed by atoms with van der Waals surface area (Å²) >= 11 is 0. The van der Waals surface area contributed by atoms with Crippen molar-refractivity contribution < 1.29 is 14.4 Å². The summed E-state index contributed by atoms with van der Waals surface area (Å²) in [5.41, 5.74) is 0.313. The normalized spacial score (nSPS) is 10.7. The Balaban J connectivity index is 2.81. The van der Waals surface area contributed by atoms with Crippen LogP contribution in [0.3, 0.4) is 0 Å². The summed E-state index contributed by atoms with van der Waals surface area (Å²) in [4.78, 5) is 18.1. The number of rotatable bonds is 3. The Morgan fingerprint density at radius 2 is 1.92 bits per heavy atom. The van der Waals surface area contributed by atoms with E-state index in [1.54, 1.807) is 0 Å². The van der Waals surface area contributed by atoms with E-state index in [9.17, 15) is 14.7 Å². The van der Waals surface area contributed by atoms with Gasteiger partial charge in [-0.15, -0.1) is 4.89 Å². The predicted molar refractivity (Wildman–Crippen MR) is 46.5 cm³/mol. The second-order valence-electron chi connectivity index (χ2n) is 2.19. The standard InChI is InChI=1S/C6H5N2O4P/c9-8(10)6-3-1-5(2-4-6)7-13(11)12/h1-4H,(H-,7,11,12)/p+1. The lowest BCUT2D eigenvalue weighted by molar-refractivity contribution is -0.384. The molecular weight excluding hydrogens is 195 g/mol. The number of nitrogens with one attached hydrogen (secondary N) is 1. The Kier molecular flexibility index (Phi) is 2.89. The van der Waals surface area contributed by atoms with Gasteiger partial charge in [-0.05, 0) is 16.7 Å². The fourth-order valence-electron chi connectivity index (χ4n) is 0.768. The summed E-state index contributed by atoms with van der Waals surface area (Å²) in [6, 6.07) is 5.23. The van der Waals surface area contributed by atoms with Crippen molar-refractivity contribution in [3.63, 3.8) is 0 Å². The van der Waals surface area contributed by atoms with E-state index in [0.717, 1.165) is 0 Å². The molecular formula is C6H6N2O4P+. The van der Waals surface area contributed by atoms with E-state index in [1.807, 2.05) is 0 Å². The molecule has 1 unspecified atom stereocenters. The molecule has 1 aromatic rings. The van der Waals surface area contributed by atoms with Crippen LogP contribution in [0.15, 0.2) is 24.3 Å². The van der Waals surface area contributed by atoms with Gasteiger partial charge < -0.3 is 0 Å². The van der Waals surface area contributed by atoms with E-state index in [-0.39, 0.29) is 5.69 Å². The molecule has 0 aliphatic carbocycles. The summed E-state index contributed by atoms with van der Waals surface area (Å²) in [6.45, 7) is 0. The van der Waals surface area contributed by atoms with Gasteiger partial charge in [-0.3, -0.25) is 10.1 Å². The van der Waals surface area contributed by atoms with Crippen LogP contribution in [0, 0.1) is 10.1 Å². The summed E-state index contributed by atoms with van der Waals surface area (Å²) in [7, 11) is -2.47. The highest BCUT2D eigenvalue weighted by Crippen LogP contribution is 2.21. The minimum Gasteiger partial charge on any atom is -0.258 e. The van der Waals surface area contributed by atoms with Gasteiger partial charge in [0.1, 0.15) is 0 Å². The quantitative estimate of drug-likeness (QED) is 0.440. The SMILES string of the molecule is O=[N+]([O-])c1ccc(N[P+](=O)O)cc1. The molecule has 68 valence electrons. The number of non-ortho nitro benzene ring substituents is 1. The lowest BCUT2D eigenvalue weighted by atomic mass is 10.3. The van der Waals surface area contributed by atoms with Crippen molar-refractivity contribution >= 4 is 19.6 Å². The first-order valence-corrected chi connectivity index (χ1v) is 4.48. The first-order chi connectivity index (χ1) is 6.09. The number of nitro groups is 1. The van der Waals surface area contributed by atoms with E-state index in [4.69, 9.17) is 4.89 Å². The van der Waals surface area contributed by atoms with Gasteiger partial charge in [0, 0.05) is 12.1 Å². The molecule has 0 bridgehead atoms. The van der Waals surface area contributed by atoms with Crippen molar-refractivity contribution in [1.82, 2.24) is 0 Å². The monoisotopic (exact) mass is 201 g/mol. The van der Waals surface area contributed by atoms with Gasteiger partial charge >= 0.3 is 8.18 Å². The Labute approximate surface area is 74.3 Å². The van der Waals surface area contributed by atoms with Crippen molar-refractivity contribution in [3.8, 4) is 0 Å². The maximum atomic E-state index is 10.3. The zero-order valence-electron chi connectivity index (χ0n) is 6.38. The van der Waals surface area contributed by atoms with Crippen LogP contribution in [0.25, 0.3) is 0 Å². The molecule has 0 spiro atoms. The summed E-state index contributed by atoms with van der Waals surface area (Å²) in [6.07, 6.45) is 0. The molecule has 0 radical (unpaired) electrons. The Bertz CT molecular complexity index is 337. The van der Waals surface area contributed by atoms with Crippen LogP contribution in [-0.4, -0.2) is 9.82 Å². The molecule has 2 N–H and O–H groups in total. The number of nitro benzene ring substituents is 1. The maximum Gasteiger partial charge on any atom is 0.640 e. The molecule has 0 amide bonds. The molecule has 1 aromatic carbocycles. The second kappa shape index (κ2) is 3.93. The van der Waals surface area contributed by atoms with Crippen LogP contribution in [0.2, 0.25) is 0 Å². The third kappa shape index (κ3) is 2.77. The molecule has 0 saturated carbocycles. The third-order valence-corrected chi connectivity index (χ3v) is 1.75. The molecule has 0 aromatic heterocycles. The van der Waals surface area contributed by atoms with E-state index in [2.05, 4.69) is 5.09 Å².